The average Bonchev–Trinajstić information content (AvgIpc) is 2.58. The Labute approximate surface area is 166 Å². The summed E-state index contributed by atoms with van der Waals surface area (Å²) in [5, 5.41) is 11.3. The molecule has 0 saturated carbocycles. The number of hydrogen-bond acceptors (Lipinski definition) is 5. The number of nitro groups is 1. The molecule has 0 spiro atoms. The molecule has 1 aromatic rings. The Hall–Kier alpha value is -2.57. The van der Waals surface area contributed by atoms with Gasteiger partial charge in [0.25, 0.3) is 0 Å². The second-order valence-electron chi connectivity index (χ2n) is 8.20. The van der Waals surface area contributed by atoms with Crippen LogP contribution in [0.4, 0.5) is 10.5 Å². The van der Waals surface area contributed by atoms with Crippen LogP contribution in [0.2, 0.25) is 0 Å². The van der Waals surface area contributed by atoms with Crippen LogP contribution >= 0.6 is 0 Å². The van der Waals surface area contributed by atoms with Crippen molar-refractivity contribution in [2.24, 2.45) is 0 Å². The lowest BCUT2D eigenvalue weighted by Gasteiger charge is -2.35. The normalized spacial score (nSPS) is 17.3. The van der Waals surface area contributed by atoms with Gasteiger partial charge >= 0.3 is 11.8 Å². The van der Waals surface area contributed by atoms with E-state index in [1.165, 1.54) is 6.07 Å². The molecule has 0 saturated heterocycles. The molecule has 0 fully saturated rings. The van der Waals surface area contributed by atoms with E-state index < -0.39 is 10.5 Å². The summed E-state index contributed by atoms with van der Waals surface area (Å²) in [5.41, 5.74) is 1.34. The largest absolute Gasteiger partial charge is 0.484 e. The van der Waals surface area contributed by atoms with Gasteiger partial charge in [0.15, 0.2) is 5.75 Å². The molecule has 1 aromatic carbocycles. The van der Waals surface area contributed by atoms with Gasteiger partial charge in [-0.1, -0.05) is 13.0 Å². The van der Waals surface area contributed by atoms with Gasteiger partial charge in [-0.25, -0.2) is 4.79 Å². The van der Waals surface area contributed by atoms with Crippen LogP contribution < -0.4 is 4.74 Å². The van der Waals surface area contributed by atoms with E-state index in [0.717, 1.165) is 17.6 Å². The van der Waals surface area contributed by atoms with Crippen molar-refractivity contribution >= 4 is 17.4 Å². The number of carbonyl (C=O) groups is 1. The van der Waals surface area contributed by atoms with Crippen molar-refractivity contribution in [1.29, 1.82) is 0 Å². The first-order chi connectivity index (χ1) is 13.0. The predicted molar refractivity (Wildman–Crippen MR) is 108 cm³/mol. The van der Waals surface area contributed by atoms with Crippen LogP contribution in [0.25, 0.3) is 5.57 Å². The first-order valence-corrected chi connectivity index (χ1v) is 9.67. The summed E-state index contributed by atoms with van der Waals surface area (Å²) in [7, 11) is 0. The molecule has 0 N–H and O–H groups in total. The van der Waals surface area contributed by atoms with Crippen LogP contribution in [0.1, 0.15) is 59.9 Å². The van der Waals surface area contributed by atoms with E-state index >= 15 is 0 Å². The Balaban J connectivity index is 2.31. The van der Waals surface area contributed by atoms with Gasteiger partial charge in [-0.05, 0) is 70.7 Å². The van der Waals surface area contributed by atoms with Gasteiger partial charge in [-0.2, -0.15) is 0 Å². The Morgan fingerprint density at radius 2 is 2.04 bits per heavy atom. The summed E-state index contributed by atoms with van der Waals surface area (Å²) in [6.45, 7) is 11.8. The zero-order chi connectivity index (χ0) is 21.1. The first-order valence-electron chi connectivity index (χ1n) is 9.67. The smallest absolute Gasteiger partial charge is 0.410 e. The standard InChI is InChI=1S/C21H30N2O5/c1-7-17-12-16(10-11-22(17)20(24)28-21(4,5)6)15-8-9-18(23(25)26)19(13-15)27-14(2)3/h8-9,12-14,17H,7,10-11H2,1-6H3/t17-/m0/s1. The highest BCUT2D eigenvalue weighted by Crippen LogP contribution is 2.34. The topological polar surface area (TPSA) is 81.9 Å². The molecular formula is C21H30N2O5. The molecule has 0 aromatic heterocycles. The number of ether oxygens (including phenoxy) is 2. The maximum absolute atomic E-state index is 12.5. The van der Waals surface area contributed by atoms with Crippen molar-refractivity contribution in [3.63, 3.8) is 0 Å². The fraction of sp³-hybridized carbons (Fsp3) is 0.571. The Morgan fingerprint density at radius 1 is 1.36 bits per heavy atom. The second-order valence-corrected chi connectivity index (χ2v) is 8.20. The molecule has 7 nitrogen and oxygen atoms in total. The molecule has 7 heteroatoms. The molecule has 1 heterocycles. The summed E-state index contributed by atoms with van der Waals surface area (Å²) in [5.74, 6) is 0.265. The number of hydrogen-bond donors (Lipinski definition) is 0. The molecule has 0 aliphatic carbocycles. The van der Waals surface area contributed by atoms with Crippen molar-refractivity contribution in [1.82, 2.24) is 4.90 Å². The molecule has 154 valence electrons. The van der Waals surface area contributed by atoms with Gasteiger partial charge in [-0.3, -0.25) is 10.1 Å². The number of amides is 1. The van der Waals surface area contributed by atoms with Crippen molar-refractivity contribution in [3.8, 4) is 5.75 Å². The van der Waals surface area contributed by atoms with Crippen LogP contribution in [-0.4, -0.2) is 40.2 Å². The van der Waals surface area contributed by atoms with E-state index in [0.29, 0.717) is 13.0 Å². The van der Waals surface area contributed by atoms with Gasteiger partial charge < -0.3 is 14.4 Å². The van der Waals surface area contributed by atoms with Gasteiger partial charge in [0.1, 0.15) is 5.60 Å². The van der Waals surface area contributed by atoms with Crippen LogP contribution in [0.15, 0.2) is 24.3 Å². The van der Waals surface area contributed by atoms with Crippen molar-refractivity contribution in [3.05, 3.63) is 40.0 Å². The van der Waals surface area contributed by atoms with Crippen LogP contribution in [0.5, 0.6) is 5.75 Å². The minimum atomic E-state index is -0.541. The van der Waals surface area contributed by atoms with Crippen molar-refractivity contribution in [2.75, 3.05) is 6.54 Å². The Bertz CT molecular complexity index is 765. The van der Waals surface area contributed by atoms with E-state index in [1.54, 1.807) is 17.0 Å². The molecule has 0 unspecified atom stereocenters. The number of carbonyl (C=O) groups excluding carboxylic acids is 1. The molecule has 1 aliphatic rings. The maximum atomic E-state index is 12.5. The van der Waals surface area contributed by atoms with Gasteiger partial charge in [0.05, 0.1) is 17.1 Å². The third-order valence-corrected chi connectivity index (χ3v) is 4.35. The highest BCUT2D eigenvalue weighted by Gasteiger charge is 2.30. The van der Waals surface area contributed by atoms with Gasteiger partial charge in [0.2, 0.25) is 0 Å². The molecule has 0 radical (unpaired) electrons. The number of nitrogens with zero attached hydrogens (tertiary/aromatic N) is 2. The molecule has 1 atom stereocenters. The number of nitro benzene ring substituents is 1. The van der Waals surface area contributed by atoms with E-state index in [2.05, 4.69) is 0 Å². The maximum Gasteiger partial charge on any atom is 0.410 e. The SMILES string of the molecule is CC[C@H]1C=C(c2ccc([N+](=O)[O-])c(OC(C)C)c2)CCN1C(=O)OC(C)(C)C. The fourth-order valence-electron chi connectivity index (χ4n) is 3.15. The number of benzene rings is 1. The highest BCUT2D eigenvalue weighted by molar-refractivity contribution is 5.74. The Morgan fingerprint density at radius 3 is 2.57 bits per heavy atom. The quantitative estimate of drug-likeness (QED) is 0.511. The molecule has 28 heavy (non-hydrogen) atoms. The minimum Gasteiger partial charge on any atom is -0.484 e. The average molecular weight is 390 g/mol. The fourth-order valence-corrected chi connectivity index (χ4v) is 3.15. The zero-order valence-corrected chi connectivity index (χ0v) is 17.5. The summed E-state index contributed by atoms with van der Waals surface area (Å²) in [6, 6.07) is 4.87. The Kier molecular flexibility index (Phi) is 6.69. The van der Waals surface area contributed by atoms with Crippen LogP contribution in [0.3, 0.4) is 0 Å². The van der Waals surface area contributed by atoms with Gasteiger partial charge in [-0.15, -0.1) is 0 Å². The molecule has 0 bridgehead atoms. The van der Waals surface area contributed by atoms with E-state index in [4.69, 9.17) is 9.47 Å². The van der Waals surface area contributed by atoms with Crippen LogP contribution in [0, 0.1) is 10.1 Å². The molecular weight excluding hydrogens is 360 g/mol. The van der Waals surface area contributed by atoms with E-state index in [1.807, 2.05) is 47.6 Å². The summed E-state index contributed by atoms with van der Waals surface area (Å²) < 4.78 is 11.2. The summed E-state index contributed by atoms with van der Waals surface area (Å²) >= 11 is 0. The van der Waals surface area contributed by atoms with E-state index in [9.17, 15) is 14.9 Å². The molecule has 1 aliphatic heterocycles. The van der Waals surface area contributed by atoms with E-state index in [-0.39, 0.29) is 29.7 Å². The predicted octanol–water partition coefficient (Wildman–Crippen LogP) is 5.18. The van der Waals surface area contributed by atoms with Crippen LogP contribution in [-0.2, 0) is 4.74 Å². The zero-order valence-electron chi connectivity index (χ0n) is 17.5. The lowest BCUT2D eigenvalue weighted by Crippen LogP contribution is -2.44. The highest BCUT2D eigenvalue weighted by atomic mass is 16.6. The van der Waals surface area contributed by atoms with Crippen molar-refractivity contribution < 1.29 is 19.2 Å². The third kappa shape index (κ3) is 5.47. The second kappa shape index (κ2) is 8.63. The van der Waals surface area contributed by atoms with Crippen molar-refractivity contribution in [2.45, 2.75) is 72.1 Å². The lowest BCUT2D eigenvalue weighted by atomic mass is 9.94. The van der Waals surface area contributed by atoms with Gasteiger partial charge in [0, 0.05) is 12.6 Å². The summed E-state index contributed by atoms with van der Waals surface area (Å²) in [6.07, 6.45) is 2.97. The molecule has 1 amide bonds. The number of rotatable bonds is 5. The lowest BCUT2D eigenvalue weighted by molar-refractivity contribution is -0.386. The monoisotopic (exact) mass is 390 g/mol. The third-order valence-electron chi connectivity index (χ3n) is 4.35. The summed E-state index contributed by atoms with van der Waals surface area (Å²) in [4.78, 5) is 25.1. The minimum absolute atomic E-state index is 0.0451. The first kappa shape index (κ1) is 21.7. The molecule has 2 rings (SSSR count).